The van der Waals surface area contributed by atoms with Crippen LogP contribution >= 0.6 is 49.6 Å². The number of rotatable bonds is 5. The third kappa shape index (κ3) is 7.99. The molecule has 0 saturated carbocycles. The van der Waals surface area contributed by atoms with E-state index >= 15 is 0 Å². The quantitative estimate of drug-likeness (QED) is 0.459. The van der Waals surface area contributed by atoms with Crippen molar-refractivity contribution in [3.8, 4) is 11.3 Å². The number of nitrogens with one attached hydrogen (secondary N) is 1. The molecule has 2 aliphatic rings. The molecule has 2 aromatic heterocycles. The third-order valence-corrected chi connectivity index (χ3v) is 7.40. The zero-order valence-electron chi connectivity index (χ0n) is 22.5. The van der Waals surface area contributed by atoms with Gasteiger partial charge in [0.2, 0.25) is 5.95 Å². The van der Waals surface area contributed by atoms with Gasteiger partial charge in [-0.25, -0.2) is 4.98 Å². The predicted molar refractivity (Wildman–Crippen MR) is 170 cm³/mol. The normalized spacial score (nSPS) is 17.4. The van der Waals surface area contributed by atoms with Crippen molar-refractivity contribution in [2.24, 2.45) is 7.05 Å². The second kappa shape index (κ2) is 15.6. The fourth-order valence-electron chi connectivity index (χ4n) is 5.19. The van der Waals surface area contributed by atoms with Gasteiger partial charge in [0, 0.05) is 81.6 Å². The number of piperidine rings is 1. The molecule has 0 unspecified atom stereocenters. The Balaban J connectivity index is 0.00000190. The molecule has 8 nitrogen and oxygen atoms in total. The van der Waals surface area contributed by atoms with Crippen LogP contribution in [0.3, 0.4) is 0 Å². The molecular formula is C27H39Cl4N7O. The molecule has 4 heterocycles. The molecule has 0 radical (unpaired) electrons. The van der Waals surface area contributed by atoms with Crippen LogP contribution in [0.4, 0.5) is 11.6 Å². The van der Waals surface area contributed by atoms with Crippen LogP contribution in [-0.4, -0.2) is 72.3 Å². The minimum atomic E-state index is -0.0562. The second-order valence-corrected chi connectivity index (χ2v) is 9.80. The van der Waals surface area contributed by atoms with Crippen molar-refractivity contribution in [1.29, 1.82) is 0 Å². The number of hydrogen-bond donors (Lipinski definition) is 1. The van der Waals surface area contributed by atoms with Gasteiger partial charge in [-0.15, -0.1) is 49.6 Å². The maximum Gasteiger partial charge on any atom is 0.255 e. The van der Waals surface area contributed by atoms with E-state index in [1.807, 2.05) is 12.1 Å². The molecule has 3 aromatic rings. The second-order valence-electron chi connectivity index (χ2n) is 9.80. The molecule has 2 fully saturated rings. The fourth-order valence-corrected chi connectivity index (χ4v) is 5.19. The molecule has 12 heteroatoms. The van der Waals surface area contributed by atoms with Crippen LogP contribution < -0.4 is 20.7 Å². The first-order chi connectivity index (χ1) is 17.0. The molecule has 0 spiro atoms. The van der Waals surface area contributed by atoms with Crippen LogP contribution in [0.5, 0.6) is 0 Å². The highest BCUT2D eigenvalue weighted by Gasteiger charge is 2.25. The van der Waals surface area contributed by atoms with Gasteiger partial charge in [-0.2, -0.15) is 0 Å². The van der Waals surface area contributed by atoms with Crippen LogP contribution in [0.1, 0.15) is 24.4 Å². The van der Waals surface area contributed by atoms with Crippen molar-refractivity contribution >= 4 is 61.3 Å². The van der Waals surface area contributed by atoms with E-state index in [4.69, 9.17) is 4.98 Å². The smallest absolute Gasteiger partial charge is 0.255 e. The summed E-state index contributed by atoms with van der Waals surface area (Å²) in [7, 11) is 6.16. The minimum Gasteiger partial charge on any atom is -0.371 e. The molecule has 2 saturated heterocycles. The lowest BCUT2D eigenvalue weighted by molar-refractivity contribution is 0.249. The van der Waals surface area contributed by atoms with E-state index in [1.165, 1.54) is 24.1 Å². The summed E-state index contributed by atoms with van der Waals surface area (Å²) < 4.78 is 1.65. The monoisotopic (exact) mass is 617 g/mol. The number of piperazine rings is 1. The Morgan fingerprint density at radius 3 is 2.15 bits per heavy atom. The Hall–Kier alpha value is -2.07. The lowest BCUT2D eigenvalue weighted by Gasteiger charge is -2.37. The summed E-state index contributed by atoms with van der Waals surface area (Å²) in [5, 5.41) is 3.65. The molecule has 0 aliphatic carbocycles. The standard InChI is InChI=1S/C27H35N7O.4ClH/c1-31(2)22-10-15-33(16-11-22)23-6-4-20(5-7-23)25-19-34(17-14-29-25)27-30-24(18-26(35)32(27)3)21-8-12-28-13-9-21;;;;/h4-9,12-13,18,22,25,29H,10-11,14-17,19H2,1-3H3;4*1H/t25-;;;;/m1..../s1. The van der Waals surface area contributed by atoms with Gasteiger partial charge in [-0.1, -0.05) is 12.1 Å². The molecule has 39 heavy (non-hydrogen) atoms. The van der Waals surface area contributed by atoms with Gasteiger partial charge in [0.15, 0.2) is 0 Å². The van der Waals surface area contributed by atoms with Crippen molar-refractivity contribution in [1.82, 2.24) is 24.8 Å². The minimum absolute atomic E-state index is 0. The molecule has 1 aromatic carbocycles. The average Bonchev–Trinajstić information content (AvgIpc) is 2.91. The van der Waals surface area contributed by atoms with Crippen molar-refractivity contribution < 1.29 is 0 Å². The van der Waals surface area contributed by atoms with Gasteiger partial charge >= 0.3 is 0 Å². The molecular weight excluding hydrogens is 580 g/mol. The third-order valence-electron chi connectivity index (χ3n) is 7.40. The summed E-state index contributed by atoms with van der Waals surface area (Å²) >= 11 is 0. The molecule has 1 atom stereocenters. The van der Waals surface area contributed by atoms with Crippen LogP contribution in [0.15, 0.2) is 59.7 Å². The molecule has 0 amide bonds. The largest absolute Gasteiger partial charge is 0.371 e. The van der Waals surface area contributed by atoms with E-state index in [1.54, 1.807) is 30.1 Å². The molecule has 0 bridgehead atoms. The predicted octanol–water partition coefficient (Wildman–Crippen LogP) is 4.21. The maximum atomic E-state index is 12.7. The van der Waals surface area contributed by atoms with Crippen molar-refractivity contribution in [2.45, 2.75) is 24.9 Å². The topological polar surface area (TPSA) is 69.5 Å². The molecule has 1 N–H and O–H groups in total. The highest BCUT2D eigenvalue weighted by Crippen LogP contribution is 2.26. The van der Waals surface area contributed by atoms with Gasteiger partial charge in [0.25, 0.3) is 5.56 Å². The average molecular weight is 619 g/mol. The Kier molecular flexibility index (Phi) is 14.0. The number of nitrogens with zero attached hydrogens (tertiary/aromatic N) is 6. The summed E-state index contributed by atoms with van der Waals surface area (Å²) in [5.41, 5.74) is 4.09. The first-order valence-corrected chi connectivity index (χ1v) is 12.5. The fraction of sp³-hybridized carbons (Fsp3) is 0.444. The van der Waals surface area contributed by atoms with Crippen molar-refractivity contribution in [2.75, 3.05) is 56.6 Å². The summed E-state index contributed by atoms with van der Waals surface area (Å²) in [5.74, 6) is 0.705. The number of hydrogen-bond acceptors (Lipinski definition) is 7. The van der Waals surface area contributed by atoms with E-state index in [-0.39, 0.29) is 61.2 Å². The zero-order chi connectivity index (χ0) is 24.4. The van der Waals surface area contributed by atoms with E-state index in [0.29, 0.717) is 17.7 Å². The lowest BCUT2D eigenvalue weighted by Crippen LogP contribution is -2.47. The van der Waals surface area contributed by atoms with Crippen LogP contribution in [0.2, 0.25) is 0 Å². The van der Waals surface area contributed by atoms with E-state index in [2.05, 4.69) is 63.4 Å². The van der Waals surface area contributed by atoms with Gasteiger partial charge in [-0.3, -0.25) is 14.3 Å². The highest BCUT2D eigenvalue weighted by atomic mass is 35.5. The lowest BCUT2D eigenvalue weighted by atomic mass is 10.0. The van der Waals surface area contributed by atoms with Crippen molar-refractivity contribution in [3.05, 3.63) is 70.8 Å². The van der Waals surface area contributed by atoms with Gasteiger partial charge in [0.1, 0.15) is 0 Å². The van der Waals surface area contributed by atoms with E-state index in [0.717, 1.165) is 38.3 Å². The Morgan fingerprint density at radius 1 is 0.897 bits per heavy atom. The molecule has 2 aliphatic heterocycles. The Bertz CT molecular complexity index is 1200. The van der Waals surface area contributed by atoms with Crippen LogP contribution in [-0.2, 0) is 7.05 Å². The number of pyridine rings is 1. The van der Waals surface area contributed by atoms with Crippen molar-refractivity contribution in [3.63, 3.8) is 0 Å². The highest BCUT2D eigenvalue weighted by molar-refractivity contribution is 5.86. The number of benzene rings is 1. The Labute approximate surface area is 255 Å². The SMILES string of the molecule is CN(C)C1CCN(c2ccc([C@H]3CN(c4nc(-c5ccncc5)cc(=O)n4C)CCN3)cc2)CC1.Cl.Cl.Cl.Cl. The maximum absolute atomic E-state index is 12.7. The molecule has 216 valence electrons. The van der Waals surface area contributed by atoms with Gasteiger partial charge in [-0.05, 0) is 56.8 Å². The number of anilines is 2. The number of halogens is 4. The first-order valence-electron chi connectivity index (χ1n) is 12.5. The zero-order valence-corrected chi connectivity index (χ0v) is 25.8. The van der Waals surface area contributed by atoms with Crippen LogP contribution in [0.25, 0.3) is 11.3 Å². The van der Waals surface area contributed by atoms with Gasteiger partial charge < -0.3 is 20.0 Å². The van der Waals surface area contributed by atoms with E-state index in [9.17, 15) is 4.79 Å². The van der Waals surface area contributed by atoms with Gasteiger partial charge in [0.05, 0.1) is 5.69 Å². The van der Waals surface area contributed by atoms with E-state index < -0.39 is 0 Å². The summed E-state index contributed by atoms with van der Waals surface area (Å²) in [6.45, 7) is 4.60. The first kappa shape index (κ1) is 35.0. The molecule has 5 rings (SSSR count). The number of aromatic nitrogens is 3. The summed E-state index contributed by atoms with van der Waals surface area (Å²) in [6.07, 6.45) is 5.86. The summed E-state index contributed by atoms with van der Waals surface area (Å²) in [6, 6.07) is 15.2. The Morgan fingerprint density at radius 2 is 1.54 bits per heavy atom. The summed E-state index contributed by atoms with van der Waals surface area (Å²) in [4.78, 5) is 28.7. The van der Waals surface area contributed by atoms with Crippen LogP contribution in [0, 0.1) is 0 Å².